The average molecular weight is 215 g/mol. The average Bonchev–Trinajstić information content (AvgIpc) is 2.18. The smallest absolute Gasteiger partial charge is 0.0695 e. The van der Waals surface area contributed by atoms with Gasteiger partial charge in [-0.25, -0.2) is 0 Å². The summed E-state index contributed by atoms with van der Waals surface area (Å²) in [6.45, 7) is 4.79. The van der Waals surface area contributed by atoms with E-state index in [-0.39, 0.29) is 6.10 Å². The van der Waals surface area contributed by atoms with Gasteiger partial charge in [0.15, 0.2) is 0 Å². The number of rotatable bonds is 4. The van der Waals surface area contributed by atoms with Gasteiger partial charge in [0, 0.05) is 18.3 Å². The topological polar surface area (TPSA) is 23.5 Å². The maximum absolute atomic E-state index is 9.83. The first-order valence-corrected chi connectivity index (χ1v) is 5.94. The lowest BCUT2D eigenvalue weighted by Gasteiger charge is -2.35. The fourth-order valence-electron chi connectivity index (χ4n) is 2.13. The number of aliphatic hydroxyl groups excluding tert-OH is 1. The van der Waals surface area contributed by atoms with Gasteiger partial charge in [0.25, 0.3) is 0 Å². The highest BCUT2D eigenvalue weighted by Gasteiger charge is 2.26. The predicted molar refractivity (Wildman–Crippen MR) is 63.9 cm³/mol. The lowest BCUT2D eigenvalue weighted by Crippen LogP contribution is -2.44. The Morgan fingerprint density at radius 2 is 2.14 bits per heavy atom. The second-order valence-electron chi connectivity index (χ2n) is 4.24. The number of hydrogen-bond acceptors (Lipinski definition) is 3. The molecule has 0 spiro atoms. The third-order valence-corrected chi connectivity index (χ3v) is 3.40. The van der Waals surface area contributed by atoms with Crippen LogP contribution in [-0.4, -0.2) is 41.5 Å². The summed E-state index contributed by atoms with van der Waals surface area (Å²) >= 11 is 4.19. The lowest BCUT2D eigenvalue weighted by molar-refractivity contribution is 0.0363. The van der Waals surface area contributed by atoms with Crippen LogP contribution in [0.15, 0.2) is 12.2 Å². The second kappa shape index (κ2) is 5.79. The van der Waals surface area contributed by atoms with Gasteiger partial charge in [0.2, 0.25) is 0 Å². The van der Waals surface area contributed by atoms with Gasteiger partial charge in [-0.2, -0.15) is 12.6 Å². The summed E-state index contributed by atoms with van der Waals surface area (Å²) < 4.78 is 0. The molecule has 3 heteroatoms. The van der Waals surface area contributed by atoms with E-state index in [2.05, 4.69) is 31.2 Å². The molecule has 1 aliphatic rings. The molecule has 1 rings (SSSR count). The number of aliphatic hydroxyl groups is 1. The highest BCUT2D eigenvalue weighted by molar-refractivity contribution is 7.80. The Bertz CT molecular complexity index is 196. The Labute approximate surface area is 92.4 Å². The quantitative estimate of drug-likeness (QED) is 0.551. The van der Waals surface area contributed by atoms with Gasteiger partial charge in [0.1, 0.15) is 0 Å². The second-order valence-corrected chi connectivity index (χ2v) is 4.56. The molecule has 0 amide bonds. The van der Waals surface area contributed by atoms with Crippen LogP contribution in [0, 0.1) is 0 Å². The first-order chi connectivity index (χ1) is 6.65. The van der Waals surface area contributed by atoms with Crippen LogP contribution in [0.4, 0.5) is 0 Å². The van der Waals surface area contributed by atoms with Gasteiger partial charge >= 0.3 is 0 Å². The number of thiol groups is 1. The molecule has 14 heavy (non-hydrogen) atoms. The van der Waals surface area contributed by atoms with Crippen molar-refractivity contribution in [2.24, 2.45) is 0 Å². The molecule has 0 heterocycles. The van der Waals surface area contributed by atoms with Gasteiger partial charge < -0.3 is 5.11 Å². The van der Waals surface area contributed by atoms with Crippen molar-refractivity contribution in [1.82, 2.24) is 4.90 Å². The van der Waals surface area contributed by atoms with E-state index in [1.165, 1.54) is 12.8 Å². The summed E-state index contributed by atoms with van der Waals surface area (Å²) in [7, 11) is 2.06. The van der Waals surface area contributed by atoms with Crippen LogP contribution in [-0.2, 0) is 0 Å². The van der Waals surface area contributed by atoms with Crippen LogP contribution in [0.25, 0.3) is 0 Å². The molecule has 0 aromatic rings. The van der Waals surface area contributed by atoms with E-state index in [9.17, 15) is 5.11 Å². The van der Waals surface area contributed by atoms with E-state index in [4.69, 9.17) is 0 Å². The zero-order valence-corrected chi connectivity index (χ0v) is 9.84. The third-order valence-electron chi connectivity index (χ3n) is 2.96. The Kier molecular flexibility index (Phi) is 4.99. The molecule has 1 saturated carbocycles. The van der Waals surface area contributed by atoms with Crippen molar-refractivity contribution in [3.8, 4) is 0 Å². The minimum absolute atomic E-state index is 0.151. The summed E-state index contributed by atoms with van der Waals surface area (Å²) in [5.41, 5.74) is 1.12. The SMILES string of the molecule is C=C(CS)CN(C)C1CCCCC1O. The van der Waals surface area contributed by atoms with Gasteiger partial charge in [-0.05, 0) is 19.9 Å². The van der Waals surface area contributed by atoms with E-state index in [1.807, 2.05) is 0 Å². The number of likely N-dealkylation sites (N-methyl/N-ethyl adjacent to an activating group) is 1. The van der Waals surface area contributed by atoms with Crippen LogP contribution in [0.5, 0.6) is 0 Å². The molecule has 2 atom stereocenters. The zero-order chi connectivity index (χ0) is 10.6. The first kappa shape index (κ1) is 12.1. The fraction of sp³-hybridized carbons (Fsp3) is 0.818. The molecular weight excluding hydrogens is 194 g/mol. The molecule has 0 aromatic carbocycles. The van der Waals surface area contributed by atoms with Crippen molar-refractivity contribution in [3.63, 3.8) is 0 Å². The maximum Gasteiger partial charge on any atom is 0.0695 e. The summed E-state index contributed by atoms with van der Waals surface area (Å²) in [6, 6.07) is 0.320. The van der Waals surface area contributed by atoms with Crippen molar-refractivity contribution in [3.05, 3.63) is 12.2 Å². The maximum atomic E-state index is 9.83. The number of nitrogens with zero attached hydrogens (tertiary/aromatic N) is 1. The molecule has 1 aliphatic carbocycles. The fourth-order valence-corrected chi connectivity index (χ4v) is 2.23. The minimum Gasteiger partial charge on any atom is -0.391 e. The normalized spacial score (nSPS) is 28.0. The van der Waals surface area contributed by atoms with Crippen molar-refractivity contribution < 1.29 is 5.11 Å². The molecule has 2 unspecified atom stereocenters. The molecule has 82 valence electrons. The van der Waals surface area contributed by atoms with Crippen LogP contribution < -0.4 is 0 Å². The Balaban J connectivity index is 2.41. The van der Waals surface area contributed by atoms with Crippen molar-refractivity contribution in [2.75, 3.05) is 19.3 Å². The van der Waals surface area contributed by atoms with E-state index in [0.717, 1.165) is 30.7 Å². The first-order valence-electron chi connectivity index (χ1n) is 5.31. The number of hydrogen-bond donors (Lipinski definition) is 2. The molecule has 0 aliphatic heterocycles. The largest absolute Gasteiger partial charge is 0.391 e. The molecule has 1 fully saturated rings. The summed E-state index contributed by atoms with van der Waals surface area (Å²) in [5.74, 6) is 0.729. The highest BCUT2D eigenvalue weighted by Crippen LogP contribution is 2.22. The van der Waals surface area contributed by atoms with E-state index in [1.54, 1.807) is 0 Å². The summed E-state index contributed by atoms with van der Waals surface area (Å²) in [4.78, 5) is 2.21. The molecule has 0 aromatic heterocycles. The zero-order valence-electron chi connectivity index (χ0n) is 8.95. The highest BCUT2D eigenvalue weighted by atomic mass is 32.1. The molecule has 0 saturated heterocycles. The Hall–Kier alpha value is 0.01000. The van der Waals surface area contributed by atoms with E-state index < -0.39 is 0 Å². The molecule has 0 radical (unpaired) electrons. The lowest BCUT2D eigenvalue weighted by atomic mass is 9.91. The van der Waals surface area contributed by atoms with Crippen LogP contribution in [0.1, 0.15) is 25.7 Å². The minimum atomic E-state index is -0.151. The van der Waals surface area contributed by atoms with E-state index >= 15 is 0 Å². The summed E-state index contributed by atoms with van der Waals surface area (Å²) in [5, 5.41) is 9.83. The Morgan fingerprint density at radius 1 is 1.50 bits per heavy atom. The van der Waals surface area contributed by atoms with Crippen LogP contribution >= 0.6 is 12.6 Å². The van der Waals surface area contributed by atoms with Crippen molar-refractivity contribution >= 4 is 12.6 Å². The van der Waals surface area contributed by atoms with Crippen LogP contribution in [0.3, 0.4) is 0 Å². The third kappa shape index (κ3) is 3.30. The van der Waals surface area contributed by atoms with Crippen molar-refractivity contribution in [1.29, 1.82) is 0 Å². The van der Waals surface area contributed by atoms with Crippen molar-refractivity contribution in [2.45, 2.75) is 37.8 Å². The van der Waals surface area contributed by atoms with Gasteiger partial charge in [0.05, 0.1) is 6.10 Å². The Morgan fingerprint density at radius 3 is 2.71 bits per heavy atom. The van der Waals surface area contributed by atoms with Gasteiger partial charge in [-0.1, -0.05) is 25.0 Å². The monoisotopic (exact) mass is 215 g/mol. The molecule has 0 bridgehead atoms. The van der Waals surface area contributed by atoms with Gasteiger partial charge in [-0.3, -0.25) is 4.90 Å². The molecule has 1 N–H and O–H groups in total. The van der Waals surface area contributed by atoms with Gasteiger partial charge in [-0.15, -0.1) is 0 Å². The predicted octanol–water partition coefficient (Wildman–Crippen LogP) is 1.71. The van der Waals surface area contributed by atoms with Crippen LogP contribution in [0.2, 0.25) is 0 Å². The molecule has 2 nitrogen and oxygen atoms in total. The summed E-state index contributed by atoms with van der Waals surface area (Å²) in [6.07, 6.45) is 4.31. The molecular formula is C11H21NOS. The van der Waals surface area contributed by atoms with E-state index in [0.29, 0.717) is 6.04 Å². The standard InChI is InChI=1S/C11H21NOS/c1-9(8-14)7-12(2)10-5-3-4-6-11(10)13/h10-11,13-14H,1,3-8H2,2H3.